The third-order valence-electron chi connectivity index (χ3n) is 6.25. The van der Waals surface area contributed by atoms with Crippen LogP contribution in [0, 0.1) is 0 Å². The number of halogens is 1. The van der Waals surface area contributed by atoms with Gasteiger partial charge in [-0.2, -0.15) is 0 Å². The van der Waals surface area contributed by atoms with E-state index in [2.05, 4.69) is 4.98 Å². The van der Waals surface area contributed by atoms with Gasteiger partial charge >= 0.3 is 0 Å². The maximum absolute atomic E-state index is 12.8. The van der Waals surface area contributed by atoms with E-state index in [0.29, 0.717) is 17.4 Å². The van der Waals surface area contributed by atoms with E-state index in [1.54, 1.807) is 0 Å². The van der Waals surface area contributed by atoms with E-state index in [1.807, 2.05) is 54.4 Å². The van der Waals surface area contributed by atoms with Crippen LogP contribution < -0.4 is 4.90 Å². The highest BCUT2D eigenvalue weighted by Crippen LogP contribution is 2.35. The van der Waals surface area contributed by atoms with Crippen LogP contribution in [0.2, 0.25) is 5.02 Å². The number of nitrogens with zero attached hydrogens (tertiary/aromatic N) is 4. The summed E-state index contributed by atoms with van der Waals surface area (Å²) in [6.45, 7) is 2.30. The van der Waals surface area contributed by atoms with Crippen molar-refractivity contribution in [3.05, 3.63) is 41.2 Å². The normalized spacial score (nSPS) is 20.0. The molecule has 0 aliphatic carbocycles. The molecule has 1 aromatic carbocycles. The molecule has 0 radical (unpaired) electrons. The molecular formula is C24H31ClN4O2. The van der Waals surface area contributed by atoms with Crippen molar-refractivity contribution in [2.75, 3.05) is 38.7 Å². The Kier molecular flexibility index (Phi) is 7.08. The van der Waals surface area contributed by atoms with E-state index in [4.69, 9.17) is 21.3 Å². The minimum absolute atomic E-state index is 0.0953. The summed E-state index contributed by atoms with van der Waals surface area (Å²) in [5.74, 6) is 1.21. The van der Waals surface area contributed by atoms with Gasteiger partial charge in [0.05, 0.1) is 18.2 Å². The average Bonchev–Trinajstić information content (AvgIpc) is 2.79. The van der Waals surface area contributed by atoms with Gasteiger partial charge in [0.15, 0.2) is 0 Å². The minimum atomic E-state index is 0.0953. The number of piperidine rings is 1. The topological polar surface area (TPSA) is 58.6 Å². The van der Waals surface area contributed by atoms with E-state index in [0.717, 1.165) is 68.6 Å². The van der Waals surface area contributed by atoms with Crippen LogP contribution in [0.1, 0.15) is 50.1 Å². The van der Waals surface area contributed by atoms with Crippen molar-refractivity contribution in [1.29, 1.82) is 0 Å². The molecule has 2 aliphatic rings. The molecule has 3 heterocycles. The molecule has 1 aromatic heterocycles. The zero-order valence-electron chi connectivity index (χ0n) is 18.4. The van der Waals surface area contributed by atoms with Gasteiger partial charge in [-0.3, -0.25) is 4.79 Å². The van der Waals surface area contributed by atoms with E-state index in [-0.39, 0.29) is 17.9 Å². The number of benzene rings is 1. The van der Waals surface area contributed by atoms with Gasteiger partial charge in [-0.1, -0.05) is 23.7 Å². The van der Waals surface area contributed by atoms with Crippen LogP contribution in [0.15, 0.2) is 30.5 Å². The summed E-state index contributed by atoms with van der Waals surface area (Å²) in [7, 11) is 3.90. The van der Waals surface area contributed by atoms with E-state index >= 15 is 0 Å². The predicted octanol–water partition coefficient (Wildman–Crippen LogP) is 4.53. The zero-order chi connectivity index (χ0) is 21.8. The molecule has 0 spiro atoms. The molecule has 0 saturated carbocycles. The lowest BCUT2D eigenvalue weighted by atomic mass is 9.88. The third-order valence-corrected chi connectivity index (χ3v) is 6.49. The summed E-state index contributed by atoms with van der Waals surface area (Å²) in [5.41, 5.74) is 3.10. The Morgan fingerprint density at radius 1 is 1.23 bits per heavy atom. The summed E-state index contributed by atoms with van der Waals surface area (Å²) in [4.78, 5) is 26.2. The Morgan fingerprint density at radius 2 is 2.03 bits per heavy atom. The van der Waals surface area contributed by atoms with Crippen LogP contribution in [0.5, 0.6) is 0 Å². The van der Waals surface area contributed by atoms with Gasteiger partial charge < -0.3 is 14.5 Å². The maximum Gasteiger partial charge on any atom is 0.225 e. The minimum Gasteiger partial charge on any atom is -0.378 e. The number of ether oxygens (including phenoxy) is 1. The lowest BCUT2D eigenvalue weighted by molar-refractivity contribution is -0.136. The van der Waals surface area contributed by atoms with Crippen LogP contribution in [-0.4, -0.2) is 60.7 Å². The highest BCUT2D eigenvalue weighted by Gasteiger charge is 2.29. The molecule has 1 atom stereocenters. The van der Waals surface area contributed by atoms with Gasteiger partial charge in [-0.05, 0) is 49.8 Å². The van der Waals surface area contributed by atoms with Crippen molar-refractivity contribution in [2.24, 2.45) is 0 Å². The molecule has 4 rings (SSSR count). The second-order valence-corrected chi connectivity index (χ2v) is 9.16. The van der Waals surface area contributed by atoms with E-state index in [9.17, 15) is 4.79 Å². The van der Waals surface area contributed by atoms with Gasteiger partial charge in [0.2, 0.25) is 11.9 Å². The van der Waals surface area contributed by atoms with Crippen LogP contribution in [0.3, 0.4) is 0 Å². The molecule has 166 valence electrons. The maximum atomic E-state index is 12.8. The average molecular weight is 443 g/mol. The smallest absolute Gasteiger partial charge is 0.225 e. The van der Waals surface area contributed by atoms with Crippen molar-refractivity contribution >= 4 is 23.5 Å². The third kappa shape index (κ3) is 5.36. The highest BCUT2D eigenvalue weighted by atomic mass is 35.5. The fourth-order valence-electron chi connectivity index (χ4n) is 4.48. The quantitative estimate of drug-likeness (QED) is 0.680. The molecule has 2 aromatic rings. The van der Waals surface area contributed by atoms with Crippen molar-refractivity contribution in [2.45, 2.75) is 50.5 Å². The monoisotopic (exact) mass is 442 g/mol. The number of rotatable bonds is 5. The number of aromatic nitrogens is 2. The standard InChI is InChI=1S/C24H31ClN4O2/c1-28(2)24-26-16-21(18-6-5-7-19(25)14-18)23(27-24)17-9-11-29(12-10-17)22(30)15-20-8-3-4-13-31-20/h5-7,14,16-17,20H,3-4,8-13,15H2,1-2H3/t20-/m1/s1. The molecule has 2 saturated heterocycles. The van der Waals surface area contributed by atoms with E-state index in [1.165, 1.54) is 0 Å². The number of hydrogen-bond acceptors (Lipinski definition) is 5. The number of carbonyl (C=O) groups excluding carboxylic acids is 1. The number of amides is 1. The number of anilines is 1. The Bertz CT molecular complexity index is 906. The SMILES string of the molecule is CN(C)c1ncc(-c2cccc(Cl)c2)c(C2CCN(C(=O)C[C@H]3CCCCO3)CC2)n1. The first-order valence-corrected chi connectivity index (χ1v) is 11.6. The molecule has 0 unspecified atom stereocenters. The van der Waals surface area contributed by atoms with Crippen molar-refractivity contribution in [1.82, 2.24) is 14.9 Å². The zero-order valence-corrected chi connectivity index (χ0v) is 19.1. The summed E-state index contributed by atoms with van der Waals surface area (Å²) in [6.07, 6.45) is 7.58. The first-order chi connectivity index (χ1) is 15.0. The van der Waals surface area contributed by atoms with Gasteiger partial charge in [0.1, 0.15) is 0 Å². The predicted molar refractivity (Wildman–Crippen MR) is 124 cm³/mol. The molecule has 31 heavy (non-hydrogen) atoms. The molecule has 2 aliphatic heterocycles. The Balaban J connectivity index is 1.49. The number of carbonyl (C=O) groups is 1. The van der Waals surface area contributed by atoms with Crippen molar-refractivity contribution in [3.8, 4) is 11.1 Å². The van der Waals surface area contributed by atoms with Crippen LogP contribution >= 0.6 is 11.6 Å². The largest absolute Gasteiger partial charge is 0.378 e. The lowest BCUT2D eigenvalue weighted by Gasteiger charge is -2.34. The van der Waals surface area contributed by atoms with Crippen molar-refractivity contribution in [3.63, 3.8) is 0 Å². The Labute approximate surface area is 189 Å². The van der Waals surface area contributed by atoms with E-state index < -0.39 is 0 Å². The summed E-state index contributed by atoms with van der Waals surface area (Å²) in [6, 6.07) is 7.84. The lowest BCUT2D eigenvalue weighted by Crippen LogP contribution is -2.40. The molecule has 1 amide bonds. The summed E-state index contributed by atoms with van der Waals surface area (Å²) >= 11 is 6.25. The fraction of sp³-hybridized carbons (Fsp3) is 0.542. The first-order valence-electron chi connectivity index (χ1n) is 11.2. The van der Waals surface area contributed by atoms with Crippen LogP contribution in [0.4, 0.5) is 5.95 Å². The van der Waals surface area contributed by atoms with Crippen LogP contribution in [-0.2, 0) is 9.53 Å². The summed E-state index contributed by atoms with van der Waals surface area (Å²) in [5, 5.41) is 0.700. The van der Waals surface area contributed by atoms with Gasteiger partial charge in [0, 0.05) is 56.5 Å². The van der Waals surface area contributed by atoms with Crippen LogP contribution in [0.25, 0.3) is 11.1 Å². The van der Waals surface area contributed by atoms with Gasteiger partial charge in [-0.15, -0.1) is 0 Å². The second-order valence-electron chi connectivity index (χ2n) is 8.72. The molecule has 0 N–H and O–H groups in total. The number of likely N-dealkylation sites (tertiary alicyclic amines) is 1. The fourth-order valence-corrected chi connectivity index (χ4v) is 4.68. The second kappa shape index (κ2) is 9.96. The molecule has 6 nitrogen and oxygen atoms in total. The van der Waals surface area contributed by atoms with Gasteiger partial charge in [-0.25, -0.2) is 9.97 Å². The molecule has 7 heteroatoms. The first kappa shape index (κ1) is 22.0. The molecule has 0 bridgehead atoms. The van der Waals surface area contributed by atoms with Gasteiger partial charge in [0.25, 0.3) is 0 Å². The Hall–Kier alpha value is -2.18. The highest BCUT2D eigenvalue weighted by molar-refractivity contribution is 6.30. The summed E-state index contributed by atoms with van der Waals surface area (Å²) < 4.78 is 5.76. The molecular weight excluding hydrogens is 412 g/mol. The molecule has 2 fully saturated rings. The van der Waals surface area contributed by atoms with Crippen molar-refractivity contribution < 1.29 is 9.53 Å². The number of hydrogen-bond donors (Lipinski definition) is 0. The Morgan fingerprint density at radius 3 is 2.71 bits per heavy atom.